The average molecular weight is 405 g/mol. The Morgan fingerprint density at radius 2 is 1.96 bits per heavy atom. The summed E-state index contributed by atoms with van der Waals surface area (Å²) in [4.78, 5) is 16.6. The van der Waals surface area contributed by atoms with Crippen molar-refractivity contribution >= 4 is 22.8 Å². The maximum absolute atomic E-state index is 14.5. The molecule has 0 fully saturated rings. The topological polar surface area (TPSA) is 89.6 Å². The maximum Gasteiger partial charge on any atom is 0.400 e. The second kappa shape index (κ2) is 7.59. The largest absolute Gasteiger partial charge is 0.400 e. The van der Waals surface area contributed by atoms with Crippen LogP contribution in [-0.4, -0.2) is 39.0 Å². The van der Waals surface area contributed by atoms with E-state index in [2.05, 4.69) is 10.3 Å². The van der Waals surface area contributed by atoms with Gasteiger partial charge in [0.05, 0.1) is 16.5 Å². The second-order valence-corrected chi connectivity index (χ2v) is 7.07. The summed E-state index contributed by atoms with van der Waals surface area (Å²) in [5, 5.41) is 8.13. The summed E-state index contributed by atoms with van der Waals surface area (Å²) in [6.07, 6.45) is -3.66. The Morgan fingerprint density at radius 1 is 1.33 bits per heavy atom. The van der Waals surface area contributed by atoms with Crippen molar-refractivity contribution in [1.82, 2.24) is 9.55 Å². The van der Waals surface area contributed by atoms with Gasteiger partial charge in [-0.3, -0.25) is 19.0 Å². The molecule has 1 aromatic heterocycles. The van der Waals surface area contributed by atoms with E-state index in [4.69, 9.17) is 5.41 Å². The number of hydrogen-bond donors (Lipinski definition) is 2. The number of halogens is 4. The third-order valence-electron chi connectivity index (χ3n) is 3.71. The number of alkyl halides is 3. The van der Waals surface area contributed by atoms with Gasteiger partial charge in [0.2, 0.25) is 0 Å². The lowest BCUT2D eigenvalue weighted by Gasteiger charge is -2.16. The Kier molecular flexibility index (Phi) is 5.83. The first-order valence-corrected chi connectivity index (χ1v) is 8.94. The minimum atomic E-state index is -4.66. The predicted octanol–water partition coefficient (Wildman–Crippen LogP) is 0.878. The molecule has 0 saturated carbocycles. The SMILES string of the molecule is CNc1nc(C)n(-c2cc(S(=O)CC(F)(F)F)c(C)cc2F)c(=O)c1C=[NH2+]. The van der Waals surface area contributed by atoms with Gasteiger partial charge in [0.1, 0.15) is 28.8 Å². The van der Waals surface area contributed by atoms with E-state index in [9.17, 15) is 26.6 Å². The van der Waals surface area contributed by atoms with E-state index >= 15 is 0 Å². The van der Waals surface area contributed by atoms with Crippen LogP contribution in [0.4, 0.5) is 23.4 Å². The summed E-state index contributed by atoms with van der Waals surface area (Å²) in [6.45, 7) is 2.77. The van der Waals surface area contributed by atoms with Crippen LogP contribution >= 0.6 is 0 Å². The minimum absolute atomic E-state index is 0.0407. The smallest absolute Gasteiger partial charge is 0.372 e. The van der Waals surface area contributed by atoms with Gasteiger partial charge in [-0.1, -0.05) is 0 Å². The van der Waals surface area contributed by atoms with Crippen LogP contribution in [0, 0.1) is 19.7 Å². The molecule has 1 atom stereocenters. The first-order valence-electron chi connectivity index (χ1n) is 7.62. The third-order valence-corrected chi connectivity index (χ3v) is 5.23. The van der Waals surface area contributed by atoms with E-state index in [1.807, 2.05) is 0 Å². The standard InChI is InChI=1S/C16H16F4N4O2S/c1-8-4-11(17)12(5-13(8)27(26)7-16(18,19)20)24-9(2)23-14(22-3)10(6-21)15(24)25/h4-6,21-22H,7H2,1-3H3/p+1. The number of rotatable bonds is 5. The summed E-state index contributed by atoms with van der Waals surface area (Å²) in [5.41, 5.74) is -1.03. The zero-order valence-electron chi connectivity index (χ0n) is 14.6. The lowest BCUT2D eigenvalue weighted by Crippen LogP contribution is -2.37. The second-order valence-electron chi connectivity index (χ2n) is 5.65. The summed E-state index contributed by atoms with van der Waals surface area (Å²) >= 11 is 0. The lowest BCUT2D eigenvalue weighted by molar-refractivity contribution is -0.106. The van der Waals surface area contributed by atoms with Crippen molar-refractivity contribution in [2.45, 2.75) is 24.9 Å². The van der Waals surface area contributed by atoms with Gasteiger partial charge < -0.3 is 5.32 Å². The van der Waals surface area contributed by atoms with E-state index in [-0.39, 0.29) is 33.4 Å². The molecule has 27 heavy (non-hydrogen) atoms. The highest BCUT2D eigenvalue weighted by Crippen LogP contribution is 2.26. The van der Waals surface area contributed by atoms with E-state index in [0.29, 0.717) is 0 Å². The molecule has 1 unspecified atom stereocenters. The molecule has 0 saturated heterocycles. The van der Waals surface area contributed by atoms with Gasteiger partial charge >= 0.3 is 6.18 Å². The number of hydrogen-bond acceptors (Lipinski definition) is 4. The summed E-state index contributed by atoms with van der Waals surface area (Å²) in [6, 6.07) is 1.91. The monoisotopic (exact) mass is 405 g/mol. The van der Waals surface area contributed by atoms with E-state index in [0.717, 1.165) is 22.9 Å². The fourth-order valence-corrected chi connectivity index (χ4v) is 3.66. The van der Waals surface area contributed by atoms with E-state index in [1.54, 1.807) is 0 Å². The highest BCUT2D eigenvalue weighted by atomic mass is 32.2. The summed E-state index contributed by atoms with van der Waals surface area (Å²) < 4.78 is 65.2. The Bertz CT molecular complexity index is 986. The molecular weight excluding hydrogens is 388 g/mol. The molecule has 3 N–H and O–H groups in total. The average Bonchev–Trinajstić information content (AvgIpc) is 2.54. The molecular formula is C16H17F4N4O2S+. The van der Waals surface area contributed by atoms with Gasteiger partial charge in [-0.2, -0.15) is 13.2 Å². The molecule has 1 heterocycles. The molecule has 11 heteroatoms. The maximum atomic E-state index is 14.5. The number of nitrogens with two attached hydrogens (primary N) is 1. The van der Waals surface area contributed by atoms with Crippen LogP contribution in [0.25, 0.3) is 5.69 Å². The van der Waals surface area contributed by atoms with Gasteiger partial charge in [0, 0.05) is 11.9 Å². The van der Waals surface area contributed by atoms with Gasteiger partial charge in [-0.25, -0.2) is 9.37 Å². The molecule has 6 nitrogen and oxygen atoms in total. The Hall–Kier alpha value is -2.56. The first kappa shape index (κ1) is 20.7. The number of nitrogens with zero attached hydrogens (tertiary/aromatic N) is 2. The van der Waals surface area contributed by atoms with Crippen molar-refractivity contribution in [3.63, 3.8) is 0 Å². The van der Waals surface area contributed by atoms with Crippen molar-refractivity contribution in [3.05, 3.63) is 45.3 Å². The van der Waals surface area contributed by atoms with Crippen molar-refractivity contribution in [2.24, 2.45) is 0 Å². The molecule has 2 rings (SSSR count). The van der Waals surface area contributed by atoms with Crippen LogP contribution in [0.15, 0.2) is 21.8 Å². The lowest BCUT2D eigenvalue weighted by atomic mass is 10.2. The first-order chi connectivity index (χ1) is 12.5. The molecule has 0 spiro atoms. The highest BCUT2D eigenvalue weighted by molar-refractivity contribution is 7.85. The number of aromatic nitrogens is 2. The molecule has 0 radical (unpaired) electrons. The van der Waals surface area contributed by atoms with Gasteiger partial charge in [-0.15, -0.1) is 0 Å². The van der Waals surface area contributed by atoms with Crippen LogP contribution in [0.2, 0.25) is 0 Å². The van der Waals surface area contributed by atoms with Gasteiger partial charge in [-0.05, 0) is 31.5 Å². The van der Waals surface area contributed by atoms with Crippen LogP contribution in [-0.2, 0) is 10.8 Å². The van der Waals surface area contributed by atoms with Crippen molar-refractivity contribution in [2.75, 3.05) is 18.1 Å². The van der Waals surface area contributed by atoms with Crippen molar-refractivity contribution < 1.29 is 27.2 Å². The fourth-order valence-electron chi connectivity index (χ4n) is 2.55. The van der Waals surface area contributed by atoms with Crippen molar-refractivity contribution in [1.29, 1.82) is 0 Å². The zero-order chi connectivity index (χ0) is 20.5. The highest BCUT2D eigenvalue weighted by Gasteiger charge is 2.32. The molecule has 0 amide bonds. The predicted molar refractivity (Wildman–Crippen MR) is 93.2 cm³/mol. The van der Waals surface area contributed by atoms with Crippen LogP contribution in [0.1, 0.15) is 17.0 Å². The molecule has 0 bridgehead atoms. The Balaban J connectivity index is 2.74. The fraction of sp³-hybridized carbons (Fsp3) is 0.312. The molecule has 1 aromatic carbocycles. The van der Waals surface area contributed by atoms with Crippen LogP contribution in [0.3, 0.4) is 0 Å². The molecule has 146 valence electrons. The quantitative estimate of drug-likeness (QED) is 0.571. The molecule has 0 aliphatic heterocycles. The number of anilines is 1. The Morgan fingerprint density at radius 3 is 2.48 bits per heavy atom. The van der Waals surface area contributed by atoms with Gasteiger partial charge in [0.15, 0.2) is 6.21 Å². The van der Waals surface area contributed by atoms with E-state index in [1.165, 1.54) is 20.9 Å². The third kappa shape index (κ3) is 4.24. The van der Waals surface area contributed by atoms with E-state index < -0.39 is 34.1 Å². The van der Waals surface area contributed by atoms with Crippen LogP contribution < -0.4 is 16.3 Å². The number of nitrogens with one attached hydrogen (secondary N) is 1. The normalized spacial score (nSPS) is 12.7. The van der Waals surface area contributed by atoms with Crippen molar-refractivity contribution in [3.8, 4) is 5.69 Å². The minimum Gasteiger partial charge on any atom is -0.372 e. The summed E-state index contributed by atoms with van der Waals surface area (Å²) in [7, 11) is -0.938. The summed E-state index contributed by atoms with van der Waals surface area (Å²) in [5.74, 6) is -2.20. The van der Waals surface area contributed by atoms with Crippen LogP contribution in [0.5, 0.6) is 0 Å². The van der Waals surface area contributed by atoms with Gasteiger partial charge in [0.25, 0.3) is 5.56 Å². The molecule has 0 aliphatic carbocycles. The molecule has 0 aliphatic rings. The molecule has 2 aromatic rings. The number of benzene rings is 1. The number of aryl methyl sites for hydroxylation is 2. The zero-order valence-corrected chi connectivity index (χ0v) is 15.5. The Labute approximate surface area is 154 Å².